The Hall–Kier alpha value is -7.78. The molecule has 3 aliphatic rings. The van der Waals surface area contributed by atoms with Crippen LogP contribution in [0.4, 0.5) is 0 Å². The Balaban J connectivity index is 1.21. The number of nitrogens with zero attached hydrogens (tertiary/aromatic N) is 8. The maximum Gasteiger partial charge on any atom is 0.329 e. The molecule has 492 valence electrons. The van der Waals surface area contributed by atoms with Crippen LogP contribution in [0, 0.1) is 23.7 Å². The molecule has 2 aromatic carbocycles. The molecule has 0 unspecified atom stereocenters. The van der Waals surface area contributed by atoms with E-state index in [0.717, 1.165) is 69.3 Å². The van der Waals surface area contributed by atoms with Crippen LogP contribution in [0.1, 0.15) is 156 Å². The molecule has 2 aliphatic carbocycles. The summed E-state index contributed by atoms with van der Waals surface area (Å²) >= 11 is 0. The molecule has 8 atom stereocenters. The van der Waals surface area contributed by atoms with Gasteiger partial charge in [0.15, 0.2) is 35.9 Å². The van der Waals surface area contributed by atoms with Gasteiger partial charge in [0.25, 0.3) is 23.6 Å². The Labute approximate surface area is 530 Å². The fourth-order valence-electron chi connectivity index (χ4n) is 11.2. The third-order valence-corrected chi connectivity index (χ3v) is 17.0. The van der Waals surface area contributed by atoms with E-state index < -0.39 is 96.1 Å². The number of carbonyl (C=O) groups is 8. The van der Waals surface area contributed by atoms with Crippen molar-refractivity contribution >= 4 is 47.5 Å². The number of carbonyl (C=O) groups excluding carboxylic acids is 8. The van der Waals surface area contributed by atoms with E-state index in [1.165, 1.54) is 42.0 Å². The summed E-state index contributed by atoms with van der Waals surface area (Å²) in [6, 6.07) is 9.54. The normalized spacial score (nSPS) is 23.8. The van der Waals surface area contributed by atoms with E-state index in [1.807, 2.05) is 116 Å². The van der Waals surface area contributed by atoms with Crippen LogP contribution in [0.3, 0.4) is 0 Å². The number of ether oxygens (including phenoxy) is 6. The number of aromatic nitrogens is 4. The smallest absolute Gasteiger partial charge is 0.329 e. The van der Waals surface area contributed by atoms with Gasteiger partial charge in [-0.15, -0.1) is 0 Å². The molecule has 2 saturated carbocycles. The van der Waals surface area contributed by atoms with Gasteiger partial charge in [-0.3, -0.25) is 28.5 Å². The molecular weight excluding hydrogens is 1150 g/mol. The molecule has 1 aliphatic heterocycles. The number of rotatable bonds is 20. The minimum atomic E-state index is -1.55. The average molecular weight is 1250 g/mol. The standard InChI is InChI=1S/C68H96N8O14/c1-41(2)29-55-65(81)85-45(9)61(77)71(11)58(32-44(7)8)68(84)90-60(34-48-23-27-50(28-24-48)38-76-40-54(36-70-76)88-52-19-16-20-52)64(80)74(14)56(30-42(3)4)66(82)86-46(10)62(78)72(12)57(31-43(5)6)67(83)89-59(63(79)73(55)13)33-47-21-25-49(26-22-47)37-75-39-53(35-69-75)87-51-17-15-18-51/h21-28,35-36,39-46,51-52,55-60H,15-20,29-34,37-38H2,1-14H3/t45-,46-,55+,56+,57+,58+,59-,60-/m1/s1. The van der Waals surface area contributed by atoms with Crippen LogP contribution in [0.15, 0.2) is 73.3 Å². The van der Waals surface area contributed by atoms with Gasteiger partial charge in [-0.05, 0) is 124 Å². The predicted molar refractivity (Wildman–Crippen MR) is 334 cm³/mol. The van der Waals surface area contributed by atoms with Crippen molar-refractivity contribution in [2.75, 3.05) is 28.2 Å². The SMILES string of the molecule is CC(C)C[C@H]1C(=O)O[C@H](Cc2ccc(Cn3cc(OC4CCC4)cn3)cc2)C(=O)N(C)[C@@H](CC(C)C)C(=O)O[C@H](C)C(=O)N(C)[C@@H](CC(C)C)C(=O)O[C@H](Cc2ccc(Cn3cc(OC4CCC4)cn3)cc2)C(=O)N(C)[C@@H](CC(C)C)C(=O)O[C@H](C)C(=O)N1C. The molecule has 7 rings (SSSR count). The number of cyclic esters (lactones) is 4. The summed E-state index contributed by atoms with van der Waals surface area (Å²) < 4.78 is 40.0. The van der Waals surface area contributed by atoms with Crippen molar-refractivity contribution in [1.29, 1.82) is 0 Å². The van der Waals surface area contributed by atoms with Gasteiger partial charge in [-0.25, -0.2) is 19.2 Å². The van der Waals surface area contributed by atoms with Gasteiger partial charge in [0.05, 0.1) is 50.1 Å². The number of hydrogen-bond donors (Lipinski definition) is 0. The van der Waals surface area contributed by atoms with Crippen LogP contribution in [-0.4, -0.2) is 176 Å². The predicted octanol–water partition coefficient (Wildman–Crippen LogP) is 8.02. The van der Waals surface area contributed by atoms with Gasteiger partial charge in [0.2, 0.25) is 0 Å². The summed E-state index contributed by atoms with van der Waals surface area (Å²) in [5.74, 6) is -6.12. The number of likely N-dealkylation sites (N-methyl/N-ethyl adjacent to an activating group) is 4. The maximum absolute atomic E-state index is 15.1. The Morgan fingerprint density at radius 3 is 0.978 bits per heavy atom. The Morgan fingerprint density at radius 2 is 0.700 bits per heavy atom. The molecule has 2 aromatic heterocycles. The third-order valence-electron chi connectivity index (χ3n) is 17.0. The van der Waals surface area contributed by atoms with Gasteiger partial charge in [-0.1, -0.05) is 104 Å². The van der Waals surface area contributed by atoms with Crippen molar-refractivity contribution in [3.8, 4) is 11.5 Å². The third kappa shape index (κ3) is 19.1. The van der Waals surface area contributed by atoms with Crippen molar-refractivity contribution in [3.63, 3.8) is 0 Å². The molecule has 22 heteroatoms. The Bertz CT molecular complexity index is 2860. The van der Waals surface area contributed by atoms with Crippen LogP contribution in [0.2, 0.25) is 0 Å². The lowest BCUT2D eigenvalue weighted by Crippen LogP contribution is -2.55. The van der Waals surface area contributed by atoms with Crippen LogP contribution in [0.25, 0.3) is 0 Å². The number of benzene rings is 2. The first kappa shape index (κ1) is 69.7. The molecule has 0 spiro atoms. The number of hydrogen-bond acceptors (Lipinski definition) is 16. The first-order valence-electron chi connectivity index (χ1n) is 32.1. The zero-order chi connectivity index (χ0) is 65.7. The minimum Gasteiger partial charge on any atom is -0.487 e. The van der Waals surface area contributed by atoms with Gasteiger partial charge in [0, 0.05) is 41.0 Å². The topological polar surface area (TPSA) is 241 Å². The zero-order valence-corrected chi connectivity index (χ0v) is 55.2. The van der Waals surface area contributed by atoms with Gasteiger partial charge in [0.1, 0.15) is 24.2 Å². The molecule has 3 heterocycles. The fraction of sp³-hybridized carbons (Fsp3) is 0.618. The monoisotopic (exact) mass is 1250 g/mol. The van der Waals surface area contributed by atoms with Crippen LogP contribution in [-0.2, 0) is 83.2 Å². The first-order valence-corrected chi connectivity index (χ1v) is 32.1. The summed E-state index contributed by atoms with van der Waals surface area (Å²) in [4.78, 5) is 123. The quantitative estimate of drug-likeness (QED) is 0.0601. The highest BCUT2D eigenvalue weighted by Gasteiger charge is 2.43. The van der Waals surface area contributed by atoms with Crippen molar-refractivity contribution in [1.82, 2.24) is 39.2 Å². The van der Waals surface area contributed by atoms with Crippen molar-refractivity contribution in [2.24, 2.45) is 23.7 Å². The van der Waals surface area contributed by atoms with E-state index in [-0.39, 0.29) is 74.4 Å². The van der Waals surface area contributed by atoms with E-state index in [1.54, 1.807) is 21.8 Å². The molecule has 22 nitrogen and oxygen atoms in total. The zero-order valence-electron chi connectivity index (χ0n) is 55.2. The highest BCUT2D eigenvalue weighted by molar-refractivity contribution is 5.94. The lowest BCUT2D eigenvalue weighted by atomic mass is 9.96. The van der Waals surface area contributed by atoms with Gasteiger partial charge >= 0.3 is 23.9 Å². The van der Waals surface area contributed by atoms with E-state index >= 15 is 9.59 Å². The minimum absolute atomic E-state index is 0.0751. The second-order valence-electron chi connectivity index (χ2n) is 26.5. The van der Waals surface area contributed by atoms with Crippen molar-refractivity contribution < 1.29 is 66.8 Å². The number of amides is 4. The molecule has 4 amide bonds. The van der Waals surface area contributed by atoms with Crippen LogP contribution < -0.4 is 9.47 Å². The van der Waals surface area contributed by atoms with Crippen molar-refractivity contribution in [3.05, 3.63) is 95.6 Å². The summed E-state index contributed by atoms with van der Waals surface area (Å²) in [6.45, 7) is 18.4. The van der Waals surface area contributed by atoms with Gasteiger partial charge in [-0.2, -0.15) is 10.2 Å². The van der Waals surface area contributed by atoms with Crippen LogP contribution >= 0.6 is 0 Å². The lowest BCUT2D eigenvalue weighted by molar-refractivity contribution is -0.176. The lowest BCUT2D eigenvalue weighted by Gasteiger charge is -2.35. The molecular formula is C68H96N8O14. The highest BCUT2D eigenvalue weighted by atomic mass is 16.6. The molecule has 0 radical (unpaired) electrons. The van der Waals surface area contributed by atoms with E-state index in [9.17, 15) is 28.8 Å². The molecule has 3 fully saturated rings. The van der Waals surface area contributed by atoms with E-state index in [0.29, 0.717) is 35.7 Å². The Kier molecular flexibility index (Phi) is 24.6. The molecule has 0 N–H and O–H groups in total. The second kappa shape index (κ2) is 31.8. The van der Waals surface area contributed by atoms with Gasteiger partial charge < -0.3 is 48.0 Å². The largest absolute Gasteiger partial charge is 0.487 e. The van der Waals surface area contributed by atoms with Crippen molar-refractivity contribution in [2.45, 2.75) is 220 Å². The Morgan fingerprint density at radius 1 is 0.422 bits per heavy atom. The molecule has 0 bridgehead atoms. The molecule has 4 aromatic rings. The summed E-state index contributed by atoms with van der Waals surface area (Å²) in [7, 11) is 5.59. The number of esters is 4. The maximum atomic E-state index is 15.1. The molecule has 90 heavy (non-hydrogen) atoms. The highest BCUT2D eigenvalue weighted by Crippen LogP contribution is 2.28. The fourth-order valence-corrected chi connectivity index (χ4v) is 11.2. The van der Waals surface area contributed by atoms with E-state index in [4.69, 9.17) is 28.4 Å². The summed E-state index contributed by atoms with van der Waals surface area (Å²) in [5.41, 5.74) is 3.00. The second-order valence-corrected chi connectivity index (χ2v) is 26.5. The van der Waals surface area contributed by atoms with E-state index in [2.05, 4.69) is 10.2 Å². The average Bonchev–Trinajstić information content (AvgIpc) is 1.23. The first-order chi connectivity index (χ1) is 42.6. The molecule has 1 saturated heterocycles. The summed E-state index contributed by atoms with van der Waals surface area (Å²) in [6.07, 6.45) is 7.72. The summed E-state index contributed by atoms with van der Waals surface area (Å²) in [5, 5.41) is 8.94. The van der Waals surface area contributed by atoms with Crippen LogP contribution in [0.5, 0.6) is 11.5 Å².